The normalized spacial score (nSPS) is 14.2. The minimum absolute atomic E-state index is 0.0117. The molecule has 0 spiro atoms. The average molecular weight is 529 g/mol. The molecule has 38 heavy (non-hydrogen) atoms. The number of imidazole rings is 1. The van der Waals surface area contributed by atoms with E-state index in [9.17, 15) is 14.0 Å². The SMILES string of the molecule is CC.Cc1ccc(-c2cnc(C(C(C)C)N3C(=O)CNC3=O)[nH]2)c(F)c1.OCC(O)COc1ccccc1. The summed E-state index contributed by atoms with van der Waals surface area (Å²) in [5.74, 6) is 0.481. The van der Waals surface area contributed by atoms with Crippen LogP contribution in [-0.2, 0) is 4.79 Å². The van der Waals surface area contributed by atoms with Gasteiger partial charge in [-0.05, 0) is 42.7 Å². The van der Waals surface area contributed by atoms with Crippen molar-refractivity contribution < 1.29 is 28.9 Å². The van der Waals surface area contributed by atoms with Crippen LogP contribution in [0.1, 0.15) is 45.1 Å². The van der Waals surface area contributed by atoms with Gasteiger partial charge in [-0.25, -0.2) is 14.2 Å². The highest BCUT2D eigenvalue weighted by atomic mass is 19.1. The van der Waals surface area contributed by atoms with Crippen molar-refractivity contribution in [3.05, 3.63) is 71.9 Å². The summed E-state index contributed by atoms with van der Waals surface area (Å²) in [5.41, 5.74) is 1.75. The van der Waals surface area contributed by atoms with Gasteiger partial charge in [0.15, 0.2) is 0 Å². The summed E-state index contributed by atoms with van der Waals surface area (Å²) in [4.78, 5) is 32.5. The summed E-state index contributed by atoms with van der Waals surface area (Å²) in [6.07, 6.45) is 0.724. The number of nitrogens with zero attached hydrogens (tertiary/aromatic N) is 2. The Morgan fingerprint density at radius 3 is 2.37 bits per heavy atom. The molecule has 0 aliphatic carbocycles. The van der Waals surface area contributed by atoms with Gasteiger partial charge in [0, 0.05) is 5.56 Å². The molecule has 0 saturated carbocycles. The van der Waals surface area contributed by atoms with Crippen LogP contribution in [0.25, 0.3) is 11.3 Å². The zero-order valence-corrected chi connectivity index (χ0v) is 22.4. The molecule has 0 radical (unpaired) electrons. The molecule has 2 aromatic carbocycles. The molecule has 2 unspecified atom stereocenters. The number of amides is 3. The van der Waals surface area contributed by atoms with Crippen LogP contribution < -0.4 is 10.1 Å². The van der Waals surface area contributed by atoms with Crippen LogP contribution in [-0.4, -0.2) is 62.9 Å². The summed E-state index contributed by atoms with van der Waals surface area (Å²) < 4.78 is 19.3. The van der Waals surface area contributed by atoms with E-state index in [4.69, 9.17) is 14.9 Å². The Kier molecular flexibility index (Phi) is 11.9. The van der Waals surface area contributed by atoms with Crippen molar-refractivity contribution in [1.82, 2.24) is 20.2 Å². The second-order valence-electron chi connectivity index (χ2n) is 8.74. The molecule has 4 N–H and O–H groups in total. The number of aromatic nitrogens is 2. The standard InChI is InChI=1S/C17H19FN4O2.C9H12O3.C2H6/c1-9(2)15(22-14(23)8-20-17(22)24)16-19-7-13(21-16)11-5-4-10(3)6-12(11)18;10-6-8(11)7-12-9-4-2-1-3-5-9;1-2/h4-7,9,15H,8H2,1-3H3,(H,19,21)(H,20,24);1-5,8,10-11H,6-7H2;1-2H3. The van der Waals surface area contributed by atoms with Gasteiger partial charge in [0.1, 0.15) is 36.1 Å². The number of H-pyrrole nitrogens is 1. The molecule has 1 saturated heterocycles. The Bertz CT molecular complexity index is 1150. The summed E-state index contributed by atoms with van der Waals surface area (Å²) in [6, 6.07) is 13.2. The molecule has 1 aliphatic rings. The smallest absolute Gasteiger partial charge is 0.325 e. The first kappa shape index (κ1) is 30.5. The van der Waals surface area contributed by atoms with Gasteiger partial charge in [-0.2, -0.15) is 0 Å². The van der Waals surface area contributed by atoms with E-state index < -0.39 is 18.2 Å². The molecule has 2 atom stereocenters. The molecular weight excluding hydrogens is 491 g/mol. The van der Waals surface area contributed by atoms with E-state index in [0.29, 0.717) is 22.8 Å². The number of halogens is 1. The fourth-order valence-electron chi connectivity index (χ4n) is 3.68. The van der Waals surface area contributed by atoms with Crippen molar-refractivity contribution in [2.45, 2.75) is 46.8 Å². The van der Waals surface area contributed by atoms with Gasteiger partial charge >= 0.3 is 6.03 Å². The quantitative estimate of drug-likeness (QED) is 0.324. The van der Waals surface area contributed by atoms with Crippen LogP contribution in [0.15, 0.2) is 54.7 Å². The minimum atomic E-state index is -0.801. The van der Waals surface area contributed by atoms with E-state index in [1.54, 1.807) is 18.2 Å². The van der Waals surface area contributed by atoms with Gasteiger partial charge < -0.3 is 25.3 Å². The number of urea groups is 1. The zero-order valence-electron chi connectivity index (χ0n) is 22.4. The van der Waals surface area contributed by atoms with E-state index in [-0.39, 0.29) is 37.4 Å². The Hall–Kier alpha value is -3.76. The molecule has 9 nitrogen and oxygen atoms in total. The third-order valence-electron chi connectivity index (χ3n) is 5.47. The molecular formula is C28H37FN4O5. The lowest BCUT2D eigenvalue weighted by molar-refractivity contribution is -0.127. The second-order valence-corrected chi connectivity index (χ2v) is 8.74. The topological polar surface area (TPSA) is 128 Å². The lowest BCUT2D eigenvalue weighted by Crippen LogP contribution is -2.38. The largest absolute Gasteiger partial charge is 0.491 e. The number of aromatic amines is 1. The number of carbonyl (C=O) groups is 2. The number of imide groups is 1. The molecule has 1 aliphatic heterocycles. The van der Waals surface area contributed by atoms with Crippen molar-refractivity contribution in [3.63, 3.8) is 0 Å². The number of aliphatic hydroxyl groups is 2. The Labute approximate surface area is 222 Å². The molecule has 206 valence electrons. The van der Waals surface area contributed by atoms with Gasteiger partial charge in [0.2, 0.25) is 0 Å². The Balaban J connectivity index is 0.000000305. The number of carbonyl (C=O) groups excluding carboxylic acids is 2. The first-order valence-corrected chi connectivity index (χ1v) is 12.6. The van der Waals surface area contributed by atoms with Crippen molar-refractivity contribution in [3.8, 4) is 17.0 Å². The minimum Gasteiger partial charge on any atom is -0.491 e. The van der Waals surface area contributed by atoms with E-state index in [1.807, 2.05) is 58.9 Å². The molecule has 0 bridgehead atoms. The van der Waals surface area contributed by atoms with E-state index in [1.165, 1.54) is 17.2 Å². The van der Waals surface area contributed by atoms with E-state index in [0.717, 1.165) is 5.56 Å². The maximum Gasteiger partial charge on any atom is 0.325 e. The third kappa shape index (κ3) is 8.12. The number of benzene rings is 2. The summed E-state index contributed by atoms with van der Waals surface area (Å²) in [5, 5.41) is 19.9. The average Bonchev–Trinajstić information content (AvgIpc) is 3.52. The molecule has 1 aromatic heterocycles. The van der Waals surface area contributed by atoms with Crippen LogP contribution >= 0.6 is 0 Å². The maximum absolute atomic E-state index is 14.2. The maximum atomic E-state index is 14.2. The van der Waals surface area contributed by atoms with Crippen LogP contribution in [0.4, 0.5) is 9.18 Å². The van der Waals surface area contributed by atoms with E-state index in [2.05, 4.69) is 15.3 Å². The summed E-state index contributed by atoms with van der Waals surface area (Å²) in [7, 11) is 0. The van der Waals surface area contributed by atoms with Gasteiger partial charge in [0.05, 0.1) is 25.0 Å². The lowest BCUT2D eigenvalue weighted by Gasteiger charge is -2.26. The highest BCUT2D eigenvalue weighted by Gasteiger charge is 2.38. The number of aryl methyl sites for hydroxylation is 1. The molecule has 2 heterocycles. The number of hydrogen-bond acceptors (Lipinski definition) is 6. The summed E-state index contributed by atoms with van der Waals surface area (Å²) >= 11 is 0. The van der Waals surface area contributed by atoms with Gasteiger partial charge in [-0.1, -0.05) is 52.0 Å². The number of ether oxygens (including phenoxy) is 1. The molecule has 10 heteroatoms. The zero-order chi connectivity index (χ0) is 28.2. The van der Waals surface area contributed by atoms with Crippen LogP contribution in [0.5, 0.6) is 5.75 Å². The Morgan fingerprint density at radius 2 is 1.82 bits per heavy atom. The molecule has 1 fully saturated rings. The monoisotopic (exact) mass is 528 g/mol. The first-order chi connectivity index (χ1) is 18.2. The highest BCUT2D eigenvalue weighted by molar-refractivity contribution is 6.02. The van der Waals surface area contributed by atoms with Crippen LogP contribution in [0, 0.1) is 18.7 Å². The molecule has 4 rings (SSSR count). The van der Waals surface area contributed by atoms with E-state index >= 15 is 0 Å². The number of aliphatic hydroxyl groups excluding tert-OH is 2. The molecule has 3 amide bonds. The number of hydrogen-bond donors (Lipinski definition) is 4. The third-order valence-corrected chi connectivity index (χ3v) is 5.47. The number of rotatable bonds is 8. The van der Waals surface area contributed by atoms with Crippen molar-refractivity contribution in [1.29, 1.82) is 0 Å². The second kappa shape index (κ2) is 14.8. The number of para-hydroxylation sites is 1. The number of nitrogens with one attached hydrogen (secondary N) is 2. The van der Waals surface area contributed by atoms with Crippen LogP contribution in [0.2, 0.25) is 0 Å². The highest BCUT2D eigenvalue weighted by Crippen LogP contribution is 2.30. The van der Waals surface area contributed by atoms with Crippen molar-refractivity contribution in [2.75, 3.05) is 19.8 Å². The fourth-order valence-corrected chi connectivity index (χ4v) is 3.68. The molecule has 3 aromatic rings. The predicted octanol–water partition coefficient (Wildman–Crippen LogP) is 4.22. The van der Waals surface area contributed by atoms with Gasteiger partial charge in [-0.15, -0.1) is 0 Å². The lowest BCUT2D eigenvalue weighted by atomic mass is 10.0. The predicted molar refractivity (Wildman–Crippen MR) is 143 cm³/mol. The van der Waals surface area contributed by atoms with Crippen molar-refractivity contribution in [2.24, 2.45) is 5.92 Å². The van der Waals surface area contributed by atoms with Crippen LogP contribution in [0.3, 0.4) is 0 Å². The van der Waals surface area contributed by atoms with Crippen molar-refractivity contribution >= 4 is 11.9 Å². The Morgan fingerprint density at radius 1 is 1.13 bits per heavy atom. The first-order valence-electron chi connectivity index (χ1n) is 12.6. The summed E-state index contributed by atoms with van der Waals surface area (Å²) in [6.45, 7) is 9.46. The van der Waals surface area contributed by atoms with Gasteiger partial charge in [-0.3, -0.25) is 9.69 Å². The fraction of sp³-hybridized carbons (Fsp3) is 0.393. The van der Waals surface area contributed by atoms with Gasteiger partial charge in [0.25, 0.3) is 5.91 Å².